The largest absolute Gasteiger partial charge is 0.350 e. The van der Waals surface area contributed by atoms with Gasteiger partial charge < -0.3 is 10.2 Å². The van der Waals surface area contributed by atoms with E-state index in [0.717, 1.165) is 17.5 Å². The van der Waals surface area contributed by atoms with E-state index in [2.05, 4.69) is 5.32 Å². The van der Waals surface area contributed by atoms with Crippen LogP contribution in [0, 0.1) is 0 Å². The Kier molecular flexibility index (Phi) is 3.60. The molecule has 19 heavy (non-hydrogen) atoms. The van der Waals surface area contributed by atoms with Gasteiger partial charge in [0.25, 0.3) is 0 Å². The third kappa shape index (κ3) is 3.13. The van der Waals surface area contributed by atoms with Gasteiger partial charge in [-0.2, -0.15) is 0 Å². The van der Waals surface area contributed by atoms with Crippen LogP contribution in [0.25, 0.3) is 0 Å². The van der Waals surface area contributed by atoms with Crippen molar-refractivity contribution in [3.8, 4) is 0 Å². The summed E-state index contributed by atoms with van der Waals surface area (Å²) in [5.74, 6) is -0.0888. The van der Waals surface area contributed by atoms with Gasteiger partial charge in [0.2, 0.25) is 12.3 Å². The summed E-state index contributed by atoms with van der Waals surface area (Å²) in [4.78, 5) is 25.1. The Morgan fingerprint density at radius 2 is 1.95 bits per heavy atom. The first-order valence-corrected chi connectivity index (χ1v) is 6.50. The predicted molar refractivity (Wildman–Crippen MR) is 73.4 cm³/mol. The van der Waals surface area contributed by atoms with Crippen LogP contribution in [-0.4, -0.2) is 28.8 Å². The lowest BCUT2D eigenvalue weighted by Gasteiger charge is -2.35. The molecule has 2 amide bonds. The summed E-state index contributed by atoms with van der Waals surface area (Å²) >= 11 is 0. The van der Waals surface area contributed by atoms with Gasteiger partial charge in [0.05, 0.1) is 0 Å². The minimum absolute atomic E-state index is 0.0888. The fraction of sp³-hybridized carbons (Fsp3) is 0.467. The number of hydrogen-bond acceptors (Lipinski definition) is 2. The minimum Gasteiger partial charge on any atom is -0.350 e. The van der Waals surface area contributed by atoms with Gasteiger partial charge in [0, 0.05) is 18.5 Å². The van der Waals surface area contributed by atoms with Crippen LogP contribution in [0.1, 0.15) is 31.9 Å². The standard InChI is InChI=1S/C15H20N2O2/c1-15(2,3)16-14(19)13-8-11-6-4-5-7-12(11)9-17(13)10-18/h4-7,10,13H,8-9H2,1-3H3,(H,16,19). The van der Waals surface area contributed by atoms with Crippen molar-refractivity contribution in [1.82, 2.24) is 10.2 Å². The second-order valence-corrected chi connectivity index (χ2v) is 6.01. The van der Waals surface area contributed by atoms with Gasteiger partial charge in [-0.1, -0.05) is 24.3 Å². The molecule has 1 N–H and O–H groups in total. The summed E-state index contributed by atoms with van der Waals surface area (Å²) in [6.45, 7) is 6.31. The Morgan fingerprint density at radius 1 is 1.32 bits per heavy atom. The van der Waals surface area contributed by atoms with Crippen molar-refractivity contribution in [1.29, 1.82) is 0 Å². The molecule has 0 aliphatic carbocycles. The molecule has 1 aromatic rings. The van der Waals surface area contributed by atoms with Crippen molar-refractivity contribution < 1.29 is 9.59 Å². The third-order valence-electron chi connectivity index (χ3n) is 3.22. The molecule has 4 nitrogen and oxygen atoms in total. The Labute approximate surface area is 113 Å². The summed E-state index contributed by atoms with van der Waals surface area (Å²) in [7, 11) is 0. The monoisotopic (exact) mass is 260 g/mol. The number of rotatable bonds is 2. The number of nitrogens with one attached hydrogen (secondary N) is 1. The molecule has 1 aliphatic rings. The fourth-order valence-corrected chi connectivity index (χ4v) is 2.35. The van der Waals surface area contributed by atoms with Crippen molar-refractivity contribution in [2.24, 2.45) is 0 Å². The number of nitrogens with zero attached hydrogens (tertiary/aromatic N) is 1. The zero-order valence-corrected chi connectivity index (χ0v) is 11.6. The van der Waals surface area contributed by atoms with Crippen molar-refractivity contribution in [2.45, 2.75) is 45.3 Å². The van der Waals surface area contributed by atoms with Crippen LogP contribution in [0.5, 0.6) is 0 Å². The molecule has 1 aromatic carbocycles. The molecule has 2 rings (SSSR count). The van der Waals surface area contributed by atoms with Gasteiger partial charge >= 0.3 is 0 Å². The molecular formula is C15H20N2O2. The van der Waals surface area contributed by atoms with E-state index in [0.29, 0.717) is 13.0 Å². The zero-order chi connectivity index (χ0) is 14.0. The quantitative estimate of drug-likeness (QED) is 0.819. The average molecular weight is 260 g/mol. The van der Waals surface area contributed by atoms with Crippen molar-refractivity contribution in [3.63, 3.8) is 0 Å². The Hall–Kier alpha value is -1.84. The minimum atomic E-state index is -0.411. The predicted octanol–water partition coefficient (Wildman–Crippen LogP) is 1.48. The highest BCUT2D eigenvalue weighted by atomic mass is 16.2. The highest BCUT2D eigenvalue weighted by molar-refractivity contribution is 5.85. The third-order valence-corrected chi connectivity index (χ3v) is 3.22. The molecule has 0 spiro atoms. The number of carbonyl (C=O) groups excluding carboxylic acids is 2. The molecule has 1 heterocycles. The van der Waals surface area contributed by atoms with Gasteiger partial charge in [-0.25, -0.2) is 0 Å². The SMILES string of the molecule is CC(C)(C)NC(=O)C1Cc2ccccc2CN1C=O. The first kappa shape index (κ1) is 13.6. The fourth-order valence-electron chi connectivity index (χ4n) is 2.35. The molecule has 0 radical (unpaired) electrons. The molecule has 0 fully saturated rings. The second kappa shape index (κ2) is 5.03. The summed E-state index contributed by atoms with van der Waals surface area (Å²) in [6.07, 6.45) is 1.35. The van der Waals surface area contributed by atoms with Crippen molar-refractivity contribution in [3.05, 3.63) is 35.4 Å². The van der Waals surface area contributed by atoms with Crippen LogP contribution in [0.2, 0.25) is 0 Å². The highest BCUT2D eigenvalue weighted by Crippen LogP contribution is 2.22. The summed E-state index contributed by atoms with van der Waals surface area (Å²) in [6, 6.07) is 7.54. The van der Waals surface area contributed by atoms with E-state index < -0.39 is 6.04 Å². The number of benzene rings is 1. The van der Waals surface area contributed by atoms with Crippen molar-refractivity contribution in [2.75, 3.05) is 0 Å². The summed E-state index contributed by atoms with van der Waals surface area (Å²) < 4.78 is 0. The molecule has 102 valence electrons. The maximum Gasteiger partial charge on any atom is 0.243 e. The molecule has 0 saturated carbocycles. The van der Waals surface area contributed by atoms with E-state index in [1.807, 2.05) is 45.0 Å². The number of carbonyl (C=O) groups is 2. The van der Waals surface area contributed by atoms with Gasteiger partial charge in [-0.15, -0.1) is 0 Å². The van der Waals surface area contributed by atoms with Crippen LogP contribution in [-0.2, 0) is 22.6 Å². The second-order valence-electron chi connectivity index (χ2n) is 6.01. The Balaban J connectivity index is 2.21. The van der Waals surface area contributed by atoms with E-state index in [-0.39, 0.29) is 11.4 Å². The molecule has 4 heteroatoms. The van der Waals surface area contributed by atoms with Crippen molar-refractivity contribution >= 4 is 12.3 Å². The van der Waals surface area contributed by atoms with E-state index in [4.69, 9.17) is 0 Å². The van der Waals surface area contributed by atoms with E-state index in [9.17, 15) is 9.59 Å². The lowest BCUT2D eigenvalue weighted by Crippen LogP contribution is -2.54. The number of hydrogen-bond donors (Lipinski definition) is 1. The van der Waals surface area contributed by atoms with Gasteiger partial charge in [-0.3, -0.25) is 9.59 Å². The molecule has 0 aromatic heterocycles. The van der Waals surface area contributed by atoms with Crippen LogP contribution in [0.3, 0.4) is 0 Å². The number of amides is 2. The smallest absolute Gasteiger partial charge is 0.243 e. The first-order chi connectivity index (χ1) is 8.90. The molecule has 1 aliphatic heterocycles. The lowest BCUT2D eigenvalue weighted by molar-refractivity contribution is -0.135. The molecule has 1 atom stereocenters. The van der Waals surface area contributed by atoms with Crippen LogP contribution in [0.15, 0.2) is 24.3 Å². The summed E-state index contributed by atoms with van der Waals surface area (Å²) in [5, 5.41) is 2.94. The topological polar surface area (TPSA) is 49.4 Å². The maximum absolute atomic E-state index is 12.3. The zero-order valence-electron chi connectivity index (χ0n) is 11.6. The molecule has 0 bridgehead atoms. The van der Waals surface area contributed by atoms with Gasteiger partial charge in [-0.05, 0) is 31.9 Å². The Morgan fingerprint density at radius 3 is 2.53 bits per heavy atom. The molecule has 0 saturated heterocycles. The number of fused-ring (bicyclic) bond motifs is 1. The first-order valence-electron chi connectivity index (χ1n) is 6.50. The maximum atomic E-state index is 12.3. The van der Waals surface area contributed by atoms with E-state index in [1.54, 1.807) is 4.90 Å². The summed E-state index contributed by atoms with van der Waals surface area (Å²) in [5.41, 5.74) is 1.98. The van der Waals surface area contributed by atoms with Crippen LogP contribution >= 0.6 is 0 Å². The average Bonchev–Trinajstić information content (AvgIpc) is 2.35. The molecular weight excluding hydrogens is 240 g/mol. The van der Waals surface area contributed by atoms with Gasteiger partial charge in [0.15, 0.2) is 0 Å². The highest BCUT2D eigenvalue weighted by Gasteiger charge is 2.32. The van der Waals surface area contributed by atoms with Crippen LogP contribution in [0.4, 0.5) is 0 Å². The van der Waals surface area contributed by atoms with E-state index >= 15 is 0 Å². The normalized spacial score (nSPS) is 18.7. The molecule has 1 unspecified atom stereocenters. The Bertz CT molecular complexity index is 491. The van der Waals surface area contributed by atoms with Gasteiger partial charge in [0.1, 0.15) is 6.04 Å². The lowest BCUT2D eigenvalue weighted by atomic mass is 9.93. The van der Waals surface area contributed by atoms with Crippen LogP contribution < -0.4 is 5.32 Å². The van der Waals surface area contributed by atoms with E-state index in [1.165, 1.54) is 0 Å².